The van der Waals surface area contributed by atoms with Gasteiger partial charge in [-0.3, -0.25) is 9.59 Å². The minimum absolute atomic E-state index is 0.0617. The molecule has 0 atom stereocenters. The third-order valence-corrected chi connectivity index (χ3v) is 5.49. The van der Waals surface area contributed by atoms with Gasteiger partial charge >= 0.3 is 0 Å². The Morgan fingerprint density at radius 2 is 1.71 bits per heavy atom. The fourth-order valence-electron chi connectivity index (χ4n) is 2.31. The van der Waals surface area contributed by atoms with Gasteiger partial charge in [0.05, 0.1) is 16.1 Å². The number of aryl methyl sites for hydroxylation is 2. The number of hydrogen-bond acceptors (Lipinski definition) is 4. The SMILES string of the molecule is Cc1ccc(S(=O)(=O)NCCC(=O)Nc2cc(C(N)=O)c(F)cc2F)cc1C. The topological polar surface area (TPSA) is 118 Å². The van der Waals surface area contributed by atoms with Gasteiger partial charge in [-0.1, -0.05) is 6.07 Å². The van der Waals surface area contributed by atoms with Crippen LogP contribution in [-0.2, 0) is 14.8 Å². The van der Waals surface area contributed by atoms with Gasteiger partial charge in [0.1, 0.15) is 11.6 Å². The molecule has 0 bridgehead atoms. The molecule has 2 rings (SSSR count). The Kier molecular flexibility index (Phi) is 6.47. The van der Waals surface area contributed by atoms with Crippen LogP contribution in [0.1, 0.15) is 27.9 Å². The molecule has 0 radical (unpaired) electrons. The third-order valence-electron chi connectivity index (χ3n) is 4.03. The summed E-state index contributed by atoms with van der Waals surface area (Å²) in [6, 6.07) is 5.84. The molecule has 0 heterocycles. The summed E-state index contributed by atoms with van der Waals surface area (Å²) < 4.78 is 54.0. The molecule has 2 aromatic carbocycles. The van der Waals surface area contributed by atoms with Gasteiger partial charge in [-0.2, -0.15) is 0 Å². The lowest BCUT2D eigenvalue weighted by Crippen LogP contribution is -2.28. The van der Waals surface area contributed by atoms with Gasteiger partial charge in [-0.05, 0) is 43.2 Å². The minimum atomic E-state index is -3.81. The third kappa shape index (κ3) is 5.11. The van der Waals surface area contributed by atoms with E-state index in [-0.39, 0.29) is 17.9 Å². The van der Waals surface area contributed by atoms with Crippen LogP contribution < -0.4 is 15.8 Å². The number of carbonyl (C=O) groups is 2. The predicted molar refractivity (Wildman–Crippen MR) is 99.2 cm³/mol. The molecule has 0 spiro atoms. The van der Waals surface area contributed by atoms with Crippen molar-refractivity contribution >= 4 is 27.5 Å². The number of nitrogens with two attached hydrogens (primary N) is 1. The van der Waals surface area contributed by atoms with Gasteiger partial charge in [0, 0.05) is 19.0 Å². The lowest BCUT2D eigenvalue weighted by atomic mass is 10.1. The summed E-state index contributed by atoms with van der Waals surface area (Å²) in [6.45, 7) is 3.38. The van der Waals surface area contributed by atoms with Crippen molar-refractivity contribution in [3.8, 4) is 0 Å². The van der Waals surface area contributed by atoms with E-state index < -0.39 is 44.7 Å². The highest BCUT2D eigenvalue weighted by atomic mass is 32.2. The average molecular weight is 411 g/mol. The highest BCUT2D eigenvalue weighted by Gasteiger charge is 2.17. The lowest BCUT2D eigenvalue weighted by Gasteiger charge is -2.10. The molecule has 150 valence electrons. The second-order valence-electron chi connectivity index (χ2n) is 6.12. The van der Waals surface area contributed by atoms with Gasteiger partial charge in [0.2, 0.25) is 15.9 Å². The molecule has 7 nitrogen and oxygen atoms in total. The number of anilines is 1. The van der Waals surface area contributed by atoms with Crippen molar-refractivity contribution in [2.24, 2.45) is 5.73 Å². The van der Waals surface area contributed by atoms with Crippen molar-refractivity contribution in [3.63, 3.8) is 0 Å². The molecule has 0 saturated carbocycles. The van der Waals surface area contributed by atoms with Gasteiger partial charge in [-0.25, -0.2) is 21.9 Å². The van der Waals surface area contributed by atoms with Gasteiger partial charge in [-0.15, -0.1) is 0 Å². The van der Waals surface area contributed by atoms with Crippen LogP contribution in [0.5, 0.6) is 0 Å². The number of halogens is 2. The van der Waals surface area contributed by atoms with Crippen molar-refractivity contribution in [1.29, 1.82) is 0 Å². The van der Waals surface area contributed by atoms with Crippen LogP contribution in [0.2, 0.25) is 0 Å². The summed E-state index contributed by atoms with van der Waals surface area (Å²) in [5.41, 5.74) is 5.71. The summed E-state index contributed by atoms with van der Waals surface area (Å²) in [5.74, 6) is -4.09. The van der Waals surface area contributed by atoms with Crippen LogP contribution >= 0.6 is 0 Å². The lowest BCUT2D eigenvalue weighted by molar-refractivity contribution is -0.116. The first-order valence-electron chi connectivity index (χ1n) is 8.17. The second-order valence-corrected chi connectivity index (χ2v) is 7.89. The summed E-state index contributed by atoms with van der Waals surface area (Å²) >= 11 is 0. The van der Waals surface area contributed by atoms with Crippen LogP contribution in [0.3, 0.4) is 0 Å². The van der Waals surface area contributed by atoms with Gasteiger partial charge in [0.15, 0.2) is 0 Å². The Balaban J connectivity index is 2.00. The molecule has 0 aromatic heterocycles. The molecule has 0 unspecified atom stereocenters. The Labute approximate surface area is 161 Å². The molecule has 0 aliphatic heterocycles. The number of carbonyl (C=O) groups excluding carboxylic acids is 2. The van der Waals surface area contributed by atoms with Gasteiger partial charge in [0.25, 0.3) is 5.91 Å². The van der Waals surface area contributed by atoms with Crippen molar-refractivity contribution in [3.05, 3.63) is 58.7 Å². The number of rotatable bonds is 7. The summed E-state index contributed by atoms with van der Waals surface area (Å²) in [6.07, 6.45) is -0.313. The molecule has 0 aliphatic rings. The maximum atomic E-state index is 13.7. The van der Waals surface area contributed by atoms with E-state index in [0.29, 0.717) is 6.07 Å². The molecule has 2 amide bonds. The first kappa shape index (κ1) is 21.5. The van der Waals surface area contributed by atoms with E-state index in [9.17, 15) is 26.8 Å². The number of amides is 2. The van der Waals surface area contributed by atoms with Crippen molar-refractivity contribution in [1.82, 2.24) is 4.72 Å². The van der Waals surface area contributed by atoms with E-state index in [1.54, 1.807) is 13.0 Å². The van der Waals surface area contributed by atoms with Gasteiger partial charge < -0.3 is 11.1 Å². The zero-order valence-electron chi connectivity index (χ0n) is 15.2. The highest BCUT2D eigenvalue weighted by molar-refractivity contribution is 7.89. The van der Waals surface area contributed by atoms with E-state index in [0.717, 1.165) is 17.2 Å². The Bertz CT molecular complexity index is 1040. The standard InChI is InChI=1S/C18H19F2N3O4S/c1-10-3-4-12(7-11(10)2)28(26,27)22-6-5-17(24)23-16-8-13(18(21)25)14(19)9-15(16)20/h3-4,7-9,22H,5-6H2,1-2H3,(H2,21,25)(H,23,24). The molecule has 10 heteroatoms. The van der Waals surface area contributed by atoms with Crippen LogP contribution in [0.25, 0.3) is 0 Å². The molecular weight excluding hydrogens is 392 g/mol. The largest absolute Gasteiger partial charge is 0.366 e. The Morgan fingerprint density at radius 1 is 1.04 bits per heavy atom. The number of nitrogens with one attached hydrogen (secondary N) is 2. The van der Waals surface area contributed by atoms with Crippen LogP contribution in [0.15, 0.2) is 35.2 Å². The summed E-state index contributed by atoms with van der Waals surface area (Å²) in [4.78, 5) is 23.1. The fourth-order valence-corrected chi connectivity index (χ4v) is 3.43. The maximum Gasteiger partial charge on any atom is 0.251 e. The molecule has 0 aliphatic carbocycles. The fraction of sp³-hybridized carbons (Fsp3) is 0.222. The summed E-state index contributed by atoms with van der Waals surface area (Å²) in [5, 5.41) is 2.15. The predicted octanol–water partition coefficient (Wildman–Crippen LogP) is 1.99. The van der Waals surface area contributed by atoms with Crippen LogP contribution in [0.4, 0.5) is 14.5 Å². The highest BCUT2D eigenvalue weighted by Crippen LogP contribution is 2.19. The second kappa shape index (κ2) is 8.44. The first-order valence-corrected chi connectivity index (χ1v) is 9.65. The first-order chi connectivity index (χ1) is 13.0. The zero-order chi connectivity index (χ0) is 21.1. The molecule has 28 heavy (non-hydrogen) atoms. The van der Waals surface area contributed by atoms with E-state index in [4.69, 9.17) is 5.73 Å². The number of benzene rings is 2. The Hall–Kier alpha value is -2.85. The minimum Gasteiger partial charge on any atom is -0.366 e. The molecule has 0 fully saturated rings. The molecule has 2 aromatic rings. The number of hydrogen-bond donors (Lipinski definition) is 3. The van der Waals surface area contributed by atoms with E-state index in [2.05, 4.69) is 10.0 Å². The zero-order valence-corrected chi connectivity index (χ0v) is 16.0. The maximum absolute atomic E-state index is 13.7. The monoisotopic (exact) mass is 411 g/mol. The number of primary amides is 1. The van der Waals surface area contributed by atoms with Crippen molar-refractivity contribution in [2.45, 2.75) is 25.2 Å². The Morgan fingerprint density at radius 3 is 2.32 bits per heavy atom. The van der Waals surface area contributed by atoms with Crippen molar-refractivity contribution < 1.29 is 26.8 Å². The normalized spacial score (nSPS) is 11.3. The quantitative estimate of drug-likeness (QED) is 0.646. The van der Waals surface area contributed by atoms with E-state index in [1.165, 1.54) is 12.1 Å². The van der Waals surface area contributed by atoms with Crippen molar-refractivity contribution in [2.75, 3.05) is 11.9 Å². The molecule has 4 N–H and O–H groups in total. The molecular formula is C18H19F2N3O4S. The molecule has 0 saturated heterocycles. The average Bonchev–Trinajstić information content (AvgIpc) is 2.59. The van der Waals surface area contributed by atoms with Crippen LogP contribution in [0, 0.1) is 25.5 Å². The van der Waals surface area contributed by atoms with Crippen LogP contribution in [-0.4, -0.2) is 26.8 Å². The smallest absolute Gasteiger partial charge is 0.251 e. The van der Waals surface area contributed by atoms with E-state index >= 15 is 0 Å². The number of sulfonamides is 1. The van der Waals surface area contributed by atoms with E-state index in [1.807, 2.05) is 6.92 Å². The summed E-state index contributed by atoms with van der Waals surface area (Å²) in [7, 11) is -3.81.